The Morgan fingerprint density at radius 1 is 0.619 bits per heavy atom. The molecule has 2 N–H and O–H groups in total. The van der Waals surface area contributed by atoms with Gasteiger partial charge in [0.05, 0.1) is 52.9 Å². The molecule has 0 bridgehead atoms. The second kappa shape index (κ2) is 11.7. The van der Waals surface area contributed by atoms with Crippen molar-refractivity contribution in [2.45, 2.75) is 0 Å². The molecule has 128 valence electrons. The highest BCUT2D eigenvalue weighted by Gasteiger charge is 2.09. The first-order valence-corrected chi connectivity index (χ1v) is 10.4. The lowest BCUT2D eigenvalue weighted by Crippen LogP contribution is -2.12. The largest absolute Gasteiger partial charge is 0.377 e. The van der Waals surface area contributed by atoms with Crippen LogP contribution in [0.2, 0.25) is 0 Å². The average Bonchev–Trinajstić information content (AvgIpc) is 2.32. The fourth-order valence-corrected chi connectivity index (χ4v) is 1.90. The zero-order valence-corrected chi connectivity index (χ0v) is 14.1. The third-order valence-electron chi connectivity index (χ3n) is 1.86. The fraction of sp³-hybridized carbons (Fsp3) is 1.00. The summed E-state index contributed by atoms with van der Waals surface area (Å²) in [4.78, 5) is 17.6. The molecule has 0 fully saturated rings. The van der Waals surface area contributed by atoms with Gasteiger partial charge in [-0.05, 0) is 0 Å². The Kier molecular flexibility index (Phi) is 11.8. The molecule has 0 aliphatic carbocycles. The van der Waals surface area contributed by atoms with Gasteiger partial charge in [0.15, 0.2) is 0 Å². The zero-order chi connectivity index (χ0) is 16.2. The molecule has 0 aromatic rings. The molecule has 0 aromatic carbocycles. The predicted octanol–water partition coefficient (Wildman–Crippen LogP) is 0.700. The van der Waals surface area contributed by atoms with E-state index < -0.39 is 15.2 Å². The Balaban J connectivity index is 3.13. The van der Waals surface area contributed by atoms with Crippen molar-refractivity contribution in [1.29, 1.82) is 0 Å². The molecule has 0 aliphatic heterocycles. The SMILES string of the molecule is CP(=O)(O)OCCOCCOCCOCCOP(C)(=O)O. The Bertz CT molecular complexity index is 305. The highest BCUT2D eigenvalue weighted by atomic mass is 31.2. The molecule has 21 heavy (non-hydrogen) atoms. The predicted molar refractivity (Wildman–Crippen MR) is 75.9 cm³/mol. The summed E-state index contributed by atoms with van der Waals surface area (Å²) in [5.41, 5.74) is 0. The van der Waals surface area contributed by atoms with Crippen LogP contribution in [0.15, 0.2) is 0 Å². The average molecular weight is 350 g/mol. The highest BCUT2D eigenvalue weighted by molar-refractivity contribution is 7.52. The van der Waals surface area contributed by atoms with Crippen molar-refractivity contribution in [3.8, 4) is 0 Å². The van der Waals surface area contributed by atoms with Crippen LogP contribution in [-0.4, -0.2) is 76.0 Å². The number of rotatable bonds is 14. The second-order valence-corrected chi connectivity index (χ2v) is 7.84. The standard InChI is InChI=1S/C10H24O9P2/c1-20(11,12)18-9-7-16-5-3-15-4-6-17-8-10-19-21(2,13)14/h3-10H2,1-2H3,(H,11,12)(H,13,14). The summed E-state index contributed by atoms with van der Waals surface area (Å²) in [5.74, 6) is 0. The molecule has 2 unspecified atom stereocenters. The van der Waals surface area contributed by atoms with Crippen LogP contribution in [0.5, 0.6) is 0 Å². The Morgan fingerprint density at radius 2 is 0.857 bits per heavy atom. The van der Waals surface area contributed by atoms with Gasteiger partial charge < -0.3 is 33.0 Å². The second-order valence-electron chi connectivity index (χ2n) is 4.11. The number of ether oxygens (including phenoxy) is 3. The van der Waals surface area contributed by atoms with E-state index in [1.165, 1.54) is 0 Å². The van der Waals surface area contributed by atoms with Gasteiger partial charge in [-0.25, -0.2) is 0 Å². The lowest BCUT2D eigenvalue weighted by Gasteiger charge is -2.09. The van der Waals surface area contributed by atoms with Gasteiger partial charge in [-0.1, -0.05) is 0 Å². The summed E-state index contributed by atoms with van der Waals surface area (Å²) in [5, 5.41) is 0. The molecule has 2 atom stereocenters. The molecule has 0 spiro atoms. The molecule has 9 nitrogen and oxygen atoms in total. The zero-order valence-electron chi connectivity index (χ0n) is 12.3. The third kappa shape index (κ3) is 20.2. The first kappa shape index (κ1) is 21.2. The van der Waals surface area contributed by atoms with Gasteiger partial charge in [0, 0.05) is 13.3 Å². The minimum absolute atomic E-state index is 0.0551. The molecule has 0 aromatic heterocycles. The van der Waals surface area contributed by atoms with Gasteiger partial charge in [-0.2, -0.15) is 0 Å². The first-order chi connectivity index (χ1) is 9.71. The maximum atomic E-state index is 10.8. The lowest BCUT2D eigenvalue weighted by molar-refractivity contribution is 0.00420. The maximum Gasteiger partial charge on any atom is 0.325 e. The fourth-order valence-electron chi connectivity index (χ4n) is 1.07. The van der Waals surface area contributed by atoms with Crippen molar-refractivity contribution in [3.05, 3.63) is 0 Å². The minimum Gasteiger partial charge on any atom is -0.377 e. The molecule has 0 heterocycles. The van der Waals surface area contributed by atoms with Crippen LogP contribution in [0.4, 0.5) is 0 Å². The summed E-state index contributed by atoms with van der Waals surface area (Å²) < 4.78 is 46.1. The summed E-state index contributed by atoms with van der Waals surface area (Å²) >= 11 is 0. The Hall–Kier alpha value is 0.180. The van der Waals surface area contributed by atoms with E-state index in [2.05, 4.69) is 9.05 Å². The van der Waals surface area contributed by atoms with Crippen molar-refractivity contribution in [1.82, 2.24) is 0 Å². The Morgan fingerprint density at radius 3 is 1.10 bits per heavy atom. The molecule has 0 amide bonds. The van der Waals surface area contributed by atoms with Gasteiger partial charge in [-0.3, -0.25) is 9.13 Å². The van der Waals surface area contributed by atoms with Gasteiger partial charge >= 0.3 is 15.2 Å². The highest BCUT2D eigenvalue weighted by Crippen LogP contribution is 2.36. The van der Waals surface area contributed by atoms with Crippen molar-refractivity contribution >= 4 is 15.2 Å². The van der Waals surface area contributed by atoms with E-state index in [9.17, 15) is 9.13 Å². The molecule has 0 saturated carbocycles. The molecule has 0 radical (unpaired) electrons. The van der Waals surface area contributed by atoms with E-state index in [0.717, 1.165) is 13.3 Å². The lowest BCUT2D eigenvalue weighted by atomic mass is 10.7. The monoisotopic (exact) mass is 350 g/mol. The molecule has 11 heteroatoms. The van der Waals surface area contributed by atoms with Crippen molar-refractivity contribution in [2.75, 3.05) is 66.2 Å². The van der Waals surface area contributed by atoms with E-state index >= 15 is 0 Å². The number of hydrogen-bond donors (Lipinski definition) is 2. The van der Waals surface area contributed by atoms with Crippen LogP contribution in [0, 0.1) is 0 Å². The van der Waals surface area contributed by atoms with Crippen LogP contribution in [0.1, 0.15) is 0 Å². The number of hydrogen-bond acceptors (Lipinski definition) is 7. The topological polar surface area (TPSA) is 121 Å². The van der Waals surface area contributed by atoms with E-state index in [0.29, 0.717) is 26.4 Å². The van der Waals surface area contributed by atoms with E-state index in [1.807, 2.05) is 0 Å². The van der Waals surface area contributed by atoms with Crippen molar-refractivity contribution in [2.24, 2.45) is 0 Å². The maximum absolute atomic E-state index is 10.8. The molecule has 0 rings (SSSR count). The van der Waals surface area contributed by atoms with Crippen LogP contribution >= 0.6 is 15.2 Å². The van der Waals surface area contributed by atoms with Crippen molar-refractivity contribution < 1.29 is 42.2 Å². The summed E-state index contributed by atoms with van der Waals surface area (Å²) in [6.45, 7) is 4.18. The van der Waals surface area contributed by atoms with E-state index in [4.69, 9.17) is 24.0 Å². The molecule has 0 saturated heterocycles. The van der Waals surface area contributed by atoms with Gasteiger partial charge in [0.2, 0.25) is 0 Å². The van der Waals surface area contributed by atoms with Crippen molar-refractivity contribution in [3.63, 3.8) is 0 Å². The van der Waals surface area contributed by atoms with E-state index in [-0.39, 0.29) is 26.4 Å². The summed E-state index contributed by atoms with van der Waals surface area (Å²) in [6.07, 6.45) is 0. The first-order valence-electron chi connectivity index (χ1n) is 6.33. The normalized spacial score (nSPS) is 17.3. The van der Waals surface area contributed by atoms with Crippen LogP contribution in [0.3, 0.4) is 0 Å². The smallest absolute Gasteiger partial charge is 0.325 e. The van der Waals surface area contributed by atoms with E-state index in [1.54, 1.807) is 0 Å². The van der Waals surface area contributed by atoms with Gasteiger partial charge in [0.25, 0.3) is 0 Å². The molecular formula is C10H24O9P2. The van der Waals surface area contributed by atoms with Crippen LogP contribution in [0.25, 0.3) is 0 Å². The summed E-state index contributed by atoms with van der Waals surface area (Å²) in [7, 11) is -6.85. The van der Waals surface area contributed by atoms with Crippen LogP contribution in [-0.2, 0) is 32.4 Å². The Labute approximate surface area is 124 Å². The molecule has 0 aliphatic rings. The van der Waals surface area contributed by atoms with Gasteiger partial charge in [0.1, 0.15) is 0 Å². The summed E-state index contributed by atoms with van der Waals surface area (Å²) in [6, 6.07) is 0. The third-order valence-corrected chi connectivity index (χ3v) is 3.18. The molecular weight excluding hydrogens is 326 g/mol. The van der Waals surface area contributed by atoms with Gasteiger partial charge in [-0.15, -0.1) is 0 Å². The quantitative estimate of drug-likeness (QED) is 0.344. The minimum atomic E-state index is -3.43. The van der Waals surface area contributed by atoms with Crippen LogP contribution < -0.4 is 0 Å².